The zero-order valence-corrected chi connectivity index (χ0v) is 18.1. The first-order valence-corrected chi connectivity index (χ1v) is 11.4. The molecule has 2 saturated heterocycles. The van der Waals surface area contributed by atoms with Gasteiger partial charge >= 0.3 is 6.03 Å². The van der Waals surface area contributed by atoms with Crippen LogP contribution in [0.1, 0.15) is 37.7 Å². The molecule has 2 aliphatic rings. The van der Waals surface area contributed by atoms with Crippen LogP contribution in [0.25, 0.3) is 0 Å². The van der Waals surface area contributed by atoms with Crippen LogP contribution in [0.2, 0.25) is 0 Å². The van der Waals surface area contributed by atoms with Gasteiger partial charge in [0.1, 0.15) is 0 Å². The molecule has 2 fully saturated rings. The van der Waals surface area contributed by atoms with Crippen LogP contribution in [-0.2, 0) is 11.2 Å². The average molecular weight is 421 g/mol. The Morgan fingerprint density at radius 3 is 2.39 bits per heavy atom. The van der Waals surface area contributed by atoms with Crippen molar-refractivity contribution in [2.24, 2.45) is 0 Å². The number of nitrogens with zero attached hydrogens (tertiary/aromatic N) is 2. The van der Waals surface area contributed by atoms with Crippen molar-refractivity contribution in [3.63, 3.8) is 0 Å². The van der Waals surface area contributed by atoms with Gasteiger partial charge in [-0.15, -0.1) is 0 Å². The van der Waals surface area contributed by atoms with E-state index in [9.17, 15) is 9.59 Å². The maximum absolute atomic E-state index is 12.7. The minimum Gasteiger partial charge on any atom is -0.371 e. The molecule has 2 aliphatic heterocycles. The van der Waals surface area contributed by atoms with Crippen molar-refractivity contribution in [2.45, 2.75) is 44.6 Å². The van der Waals surface area contributed by atoms with Gasteiger partial charge in [0.25, 0.3) is 0 Å². The van der Waals surface area contributed by atoms with Crippen molar-refractivity contribution >= 4 is 23.3 Å². The van der Waals surface area contributed by atoms with E-state index in [4.69, 9.17) is 0 Å². The fourth-order valence-electron chi connectivity index (χ4n) is 4.39. The Labute approximate surface area is 184 Å². The molecule has 0 bridgehead atoms. The summed E-state index contributed by atoms with van der Waals surface area (Å²) in [6.07, 6.45) is 5.29. The van der Waals surface area contributed by atoms with Gasteiger partial charge in [0.15, 0.2) is 0 Å². The summed E-state index contributed by atoms with van der Waals surface area (Å²) in [4.78, 5) is 29.2. The molecule has 0 spiro atoms. The van der Waals surface area contributed by atoms with Crippen LogP contribution in [0.15, 0.2) is 54.6 Å². The first kappa shape index (κ1) is 21.2. The highest BCUT2D eigenvalue weighted by molar-refractivity contribution is 5.90. The first-order valence-electron chi connectivity index (χ1n) is 11.4. The summed E-state index contributed by atoms with van der Waals surface area (Å²) in [5.74, 6) is 0.0884. The van der Waals surface area contributed by atoms with E-state index >= 15 is 0 Å². The molecule has 2 heterocycles. The number of carbonyl (C=O) groups is 2. The molecule has 0 aromatic heterocycles. The van der Waals surface area contributed by atoms with Crippen LogP contribution in [0.5, 0.6) is 0 Å². The molecule has 3 amide bonds. The van der Waals surface area contributed by atoms with Gasteiger partial charge in [-0.1, -0.05) is 36.4 Å². The highest BCUT2D eigenvalue weighted by Gasteiger charge is 2.24. The lowest BCUT2D eigenvalue weighted by atomic mass is 10.0. The van der Waals surface area contributed by atoms with Gasteiger partial charge < -0.3 is 20.4 Å². The molecule has 6 nitrogen and oxygen atoms in total. The quantitative estimate of drug-likeness (QED) is 0.742. The van der Waals surface area contributed by atoms with Crippen LogP contribution in [0, 0.1) is 0 Å². The number of nitrogens with one attached hydrogen (secondary N) is 2. The monoisotopic (exact) mass is 420 g/mol. The minimum absolute atomic E-state index is 0.0626. The van der Waals surface area contributed by atoms with Gasteiger partial charge in [0.2, 0.25) is 5.91 Å². The van der Waals surface area contributed by atoms with Crippen LogP contribution in [-0.4, -0.2) is 49.1 Å². The second kappa shape index (κ2) is 10.3. The predicted molar refractivity (Wildman–Crippen MR) is 124 cm³/mol. The maximum atomic E-state index is 12.7. The molecule has 31 heavy (non-hydrogen) atoms. The first-order chi connectivity index (χ1) is 15.2. The summed E-state index contributed by atoms with van der Waals surface area (Å²) in [5, 5.41) is 6.18. The van der Waals surface area contributed by atoms with Crippen molar-refractivity contribution in [3.05, 3.63) is 60.2 Å². The zero-order chi connectivity index (χ0) is 21.5. The molecule has 0 aliphatic carbocycles. The van der Waals surface area contributed by atoms with E-state index in [0.29, 0.717) is 19.5 Å². The lowest BCUT2D eigenvalue weighted by Gasteiger charge is -2.32. The highest BCUT2D eigenvalue weighted by Crippen LogP contribution is 2.24. The number of piperidine rings is 1. The Morgan fingerprint density at radius 1 is 0.903 bits per heavy atom. The number of urea groups is 1. The number of carbonyl (C=O) groups excluding carboxylic acids is 2. The summed E-state index contributed by atoms with van der Waals surface area (Å²) in [5.41, 5.74) is 3.19. The lowest BCUT2D eigenvalue weighted by Crippen LogP contribution is -2.47. The van der Waals surface area contributed by atoms with Crippen LogP contribution in [0.3, 0.4) is 0 Å². The van der Waals surface area contributed by atoms with Gasteiger partial charge in [-0.05, 0) is 55.9 Å². The summed E-state index contributed by atoms with van der Waals surface area (Å²) in [6, 6.07) is 18.3. The maximum Gasteiger partial charge on any atom is 0.321 e. The molecule has 0 atom stereocenters. The largest absolute Gasteiger partial charge is 0.371 e. The van der Waals surface area contributed by atoms with Gasteiger partial charge in [-0.2, -0.15) is 0 Å². The Morgan fingerprint density at radius 2 is 1.65 bits per heavy atom. The summed E-state index contributed by atoms with van der Waals surface area (Å²) in [7, 11) is 0. The molecule has 2 N–H and O–H groups in total. The Balaban J connectivity index is 1.20. The molecular weight excluding hydrogens is 388 g/mol. The van der Waals surface area contributed by atoms with E-state index in [1.54, 1.807) is 0 Å². The number of hydrogen-bond acceptors (Lipinski definition) is 3. The third-order valence-electron chi connectivity index (χ3n) is 6.20. The predicted octanol–water partition coefficient (Wildman–Crippen LogP) is 4.03. The number of aryl methyl sites for hydroxylation is 1. The van der Waals surface area contributed by atoms with E-state index in [0.717, 1.165) is 38.0 Å². The number of rotatable bonds is 6. The second-order valence-corrected chi connectivity index (χ2v) is 8.49. The van der Waals surface area contributed by atoms with Crippen molar-refractivity contribution in [2.75, 3.05) is 36.4 Å². The number of likely N-dealkylation sites (tertiary alicyclic amines) is 1. The van der Waals surface area contributed by atoms with Crippen molar-refractivity contribution in [1.29, 1.82) is 0 Å². The second-order valence-electron chi connectivity index (χ2n) is 8.49. The summed E-state index contributed by atoms with van der Waals surface area (Å²) >= 11 is 0. The van der Waals surface area contributed by atoms with E-state index in [2.05, 4.69) is 27.7 Å². The van der Waals surface area contributed by atoms with Crippen LogP contribution in [0.4, 0.5) is 16.2 Å². The van der Waals surface area contributed by atoms with E-state index < -0.39 is 0 Å². The standard InChI is InChI=1S/C25H32N4O2/c30-24(12-11-20-7-2-1-3-8-20)26-21-13-17-29(18-14-21)25(31)27-22-9-6-10-23(19-22)28-15-4-5-16-28/h1-3,6-10,19,21H,4-5,11-18H2,(H,26,30)(H,27,31). The third-order valence-corrected chi connectivity index (χ3v) is 6.20. The number of hydrogen-bond donors (Lipinski definition) is 2. The third kappa shape index (κ3) is 6.00. The SMILES string of the molecule is O=C(CCc1ccccc1)NC1CCN(C(=O)Nc2cccc(N3CCCC3)c2)CC1. The van der Waals surface area contributed by atoms with E-state index in [1.807, 2.05) is 47.4 Å². The molecule has 0 radical (unpaired) electrons. The topological polar surface area (TPSA) is 64.7 Å². The van der Waals surface area contributed by atoms with Crippen molar-refractivity contribution in [1.82, 2.24) is 10.2 Å². The molecule has 4 rings (SSSR count). The fourth-order valence-corrected chi connectivity index (χ4v) is 4.39. The number of anilines is 2. The Kier molecular flexibility index (Phi) is 7.07. The van der Waals surface area contributed by atoms with Crippen molar-refractivity contribution < 1.29 is 9.59 Å². The van der Waals surface area contributed by atoms with E-state index in [-0.39, 0.29) is 18.0 Å². The molecule has 2 aromatic carbocycles. The van der Waals surface area contributed by atoms with Gasteiger partial charge in [0.05, 0.1) is 0 Å². The van der Waals surface area contributed by atoms with Gasteiger partial charge in [-0.3, -0.25) is 4.79 Å². The molecule has 2 aromatic rings. The summed E-state index contributed by atoms with van der Waals surface area (Å²) < 4.78 is 0. The lowest BCUT2D eigenvalue weighted by molar-refractivity contribution is -0.122. The van der Waals surface area contributed by atoms with Gasteiger partial charge in [0, 0.05) is 50.0 Å². The Hall–Kier alpha value is -3.02. The normalized spacial score (nSPS) is 16.9. The van der Waals surface area contributed by atoms with Gasteiger partial charge in [-0.25, -0.2) is 4.79 Å². The fraction of sp³-hybridized carbons (Fsp3) is 0.440. The number of amides is 3. The van der Waals surface area contributed by atoms with Crippen molar-refractivity contribution in [3.8, 4) is 0 Å². The Bertz CT molecular complexity index is 872. The van der Waals surface area contributed by atoms with Crippen LogP contribution < -0.4 is 15.5 Å². The smallest absolute Gasteiger partial charge is 0.321 e. The molecule has 0 saturated carbocycles. The molecule has 6 heteroatoms. The summed E-state index contributed by atoms with van der Waals surface area (Å²) in [6.45, 7) is 3.48. The molecule has 0 unspecified atom stereocenters. The number of benzene rings is 2. The zero-order valence-electron chi connectivity index (χ0n) is 18.1. The highest BCUT2D eigenvalue weighted by atomic mass is 16.2. The molecule has 164 valence electrons. The molecular formula is C25H32N4O2. The van der Waals surface area contributed by atoms with E-state index in [1.165, 1.54) is 24.1 Å². The minimum atomic E-state index is -0.0626. The van der Waals surface area contributed by atoms with Crippen LogP contribution >= 0.6 is 0 Å². The average Bonchev–Trinajstić information content (AvgIpc) is 3.34.